The zero-order chi connectivity index (χ0) is 18.8. The minimum Gasteiger partial charge on any atom is -0.311 e. The summed E-state index contributed by atoms with van der Waals surface area (Å²) in [5.74, 6) is -0.507. The van der Waals surface area contributed by atoms with Gasteiger partial charge in [-0.2, -0.15) is 0 Å². The summed E-state index contributed by atoms with van der Waals surface area (Å²) >= 11 is 5.86. The number of nitrogens with one attached hydrogen (secondary N) is 1. The highest BCUT2D eigenvalue weighted by molar-refractivity contribution is 7.96. The highest BCUT2D eigenvalue weighted by Crippen LogP contribution is 2.26. The molecule has 1 heterocycles. The van der Waals surface area contributed by atoms with Crippen LogP contribution in [0.2, 0.25) is 5.02 Å². The lowest BCUT2D eigenvalue weighted by Crippen LogP contribution is -2.44. The van der Waals surface area contributed by atoms with Gasteiger partial charge in [-0.3, -0.25) is 0 Å². The molecule has 2 unspecified atom stereocenters. The van der Waals surface area contributed by atoms with Crippen molar-refractivity contribution in [1.29, 1.82) is 0 Å². The standard InChI is InChI=1S/C18H20ClNO4S2/c19-15-8-6-14(7-9-15)10-11-20-17-12-25(21,22)13-18(17)26(23,24)16-4-2-1-3-5-16/h1-9,17-18,20H,10-13H2. The Bertz CT molecular complexity index is 958. The Morgan fingerprint density at radius 3 is 2.31 bits per heavy atom. The molecule has 8 heteroatoms. The Labute approximate surface area is 159 Å². The average molecular weight is 414 g/mol. The van der Waals surface area contributed by atoms with Gasteiger partial charge in [-0.15, -0.1) is 0 Å². The van der Waals surface area contributed by atoms with Crippen molar-refractivity contribution in [2.75, 3.05) is 18.1 Å². The summed E-state index contributed by atoms with van der Waals surface area (Å²) in [6.07, 6.45) is 0.659. The second-order valence-electron chi connectivity index (χ2n) is 6.41. The maximum atomic E-state index is 12.9. The van der Waals surface area contributed by atoms with Gasteiger partial charge < -0.3 is 5.32 Å². The van der Waals surface area contributed by atoms with Crippen LogP contribution < -0.4 is 5.32 Å². The summed E-state index contributed by atoms with van der Waals surface area (Å²) in [6, 6.07) is 14.8. The Kier molecular flexibility index (Phi) is 5.72. The minimum atomic E-state index is -3.72. The van der Waals surface area contributed by atoms with Crippen LogP contribution in [0.3, 0.4) is 0 Å². The van der Waals surface area contributed by atoms with Crippen molar-refractivity contribution in [2.45, 2.75) is 22.6 Å². The fourth-order valence-electron chi connectivity index (χ4n) is 3.15. The fraction of sp³-hybridized carbons (Fsp3) is 0.333. The molecule has 1 aliphatic rings. The van der Waals surface area contributed by atoms with E-state index < -0.39 is 31.0 Å². The molecule has 26 heavy (non-hydrogen) atoms. The molecule has 0 saturated carbocycles. The van der Waals surface area contributed by atoms with Crippen LogP contribution in [-0.4, -0.2) is 46.2 Å². The Morgan fingerprint density at radius 2 is 1.65 bits per heavy atom. The lowest BCUT2D eigenvalue weighted by Gasteiger charge is -2.20. The van der Waals surface area contributed by atoms with Crippen molar-refractivity contribution in [2.24, 2.45) is 0 Å². The van der Waals surface area contributed by atoms with Gasteiger partial charge in [-0.1, -0.05) is 41.9 Å². The van der Waals surface area contributed by atoms with E-state index in [1.165, 1.54) is 12.1 Å². The molecule has 0 aliphatic carbocycles. The molecule has 0 spiro atoms. The first-order valence-corrected chi connectivity index (χ1v) is 12.0. The molecule has 3 rings (SSSR count). The van der Waals surface area contributed by atoms with E-state index in [4.69, 9.17) is 11.6 Å². The molecule has 1 aliphatic heterocycles. The quantitative estimate of drug-likeness (QED) is 0.784. The minimum absolute atomic E-state index is 0.159. The predicted octanol–water partition coefficient (Wildman–Crippen LogP) is 2.11. The second-order valence-corrected chi connectivity index (χ2v) is 11.2. The molecule has 0 aromatic heterocycles. The Morgan fingerprint density at radius 1 is 1.00 bits per heavy atom. The van der Waals surface area contributed by atoms with Gasteiger partial charge in [-0.05, 0) is 42.8 Å². The molecule has 2 aromatic carbocycles. The molecule has 2 atom stereocenters. The molecule has 0 amide bonds. The molecule has 140 valence electrons. The van der Waals surface area contributed by atoms with Crippen molar-refractivity contribution in [3.63, 3.8) is 0 Å². The summed E-state index contributed by atoms with van der Waals surface area (Å²) in [7, 11) is -7.11. The summed E-state index contributed by atoms with van der Waals surface area (Å²) in [4.78, 5) is 0.159. The van der Waals surface area contributed by atoms with Gasteiger partial charge >= 0.3 is 0 Å². The maximum absolute atomic E-state index is 12.9. The smallest absolute Gasteiger partial charge is 0.183 e. The van der Waals surface area contributed by atoms with Crippen molar-refractivity contribution in [3.05, 3.63) is 65.2 Å². The number of benzene rings is 2. The molecule has 0 bridgehead atoms. The SMILES string of the molecule is O=S1(=O)CC(NCCc2ccc(Cl)cc2)C(S(=O)(=O)c2ccccc2)C1. The number of sulfone groups is 2. The Hall–Kier alpha value is -1.41. The molecule has 1 fully saturated rings. The van der Waals surface area contributed by atoms with Crippen molar-refractivity contribution in [1.82, 2.24) is 5.32 Å². The van der Waals surface area contributed by atoms with Gasteiger partial charge in [0, 0.05) is 11.1 Å². The third-order valence-electron chi connectivity index (χ3n) is 4.50. The van der Waals surface area contributed by atoms with Gasteiger partial charge in [0.2, 0.25) is 0 Å². The molecule has 5 nitrogen and oxygen atoms in total. The monoisotopic (exact) mass is 413 g/mol. The summed E-state index contributed by atoms with van der Waals surface area (Å²) in [6.45, 7) is 0.489. The van der Waals surface area contributed by atoms with Crippen LogP contribution in [0.15, 0.2) is 59.5 Å². The molecular formula is C18H20ClNO4S2. The first-order chi connectivity index (χ1) is 12.3. The van der Waals surface area contributed by atoms with E-state index in [1.807, 2.05) is 12.1 Å². The van der Waals surface area contributed by atoms with E-state index in [0.29, 0.717) is 18.0 Å². The average Bonchev–Trinajstić information content (AvgIpc) is 2.93. The largest absolute Gasteiger partial charge is 0.311 e. The van der Waals surface area contributed by atoms with Gasteiger partial charge in [-0.25, -0.2) is 16.8 Å². The molecular weight excluding hydrogens is 394 g/mol. The van der Waals surface area contributed by atoms with Crippen LogP contribution in [0.1, 0.15) is 5.56 Å². The summed E-state index contributed by atoms with van der Waals surface area (Å²) in [5, 5.41) is 2.81. The van der Waals surface area contributed by atoms with E-state index in [-0.39, 0.29) is 16.4 Å². The normalized spacial score (nSPS) is 22.3. The van der Waals surface area contributed by atoms with E-state index in [9.17, 15) is 16.8 Å². The molecule has 0 radical (unpaired) electrons. The zero-order valence-electron chi connectivity index (χ0n) is 14.0. The van der Waals surface area contributed by atoms with E-state index in [0.717, 1.165) is 5.56 Å². The van der Waals surface area contributed by atoms with Crippen LogP contribution >= 0.6 is 11.6 Å². The number of hydrogen-bond donors (Lipinski definition) is 1. The number of hydrogen-bond acceptors (Lipinski definition) is 5. The highest BCUT2D eigenvalue weighted by atomic mass is 35.5. The van der Waals surface area contributed by atoms with Crippen molar-refractivity contribution < 1.29 is 16.8 Å². The maximum Gasteiger partial charge on any atom is 0.183 e. The van der Waals surface area contributed by atoms with Crippen molar-refractivity contribution in [3.8, 4) is 0 Å². The van der Waals surface area contributed by atoms with E-state index in [1.54, 1.807) is 30.3 Å². The Balaban J connectivity index is 1.73. The number of halogens is 1. The fourth-order valence-corrected chi connectivity index (χ4v) is 8.01. The van der Waals surface area contributed by atoms with E-state index >= 15 is 0 Å². The number of rotatable bonds is 6. The van der Waals surface area contributed by atoms with Gasteiger partial charge in [0.25, 0.3) is 0 Å². The molecule has 2 aromatic rings. The topological polar surface area (TPSA) is 80.3 Å². The third kappa shape index (κ3) is 4.46. The van der Waals surface area contributed by atoms with E-state index in [2.05, 4.69) is 5.32 Å². The third-order valence-corrected chi connectivity index (χ3v) is 8.92. The van der Waals surface area contributed by atoms with Gasteiger partial charge in [0.15, 0.2) is 19.7 Å². The molecule has 1 N–H and O–H groups in total. The summed E-state index contributed by atoms with van der Waals surface area (Å²) in [5.41, 5.74) is 1.05. The van der Waals surface area contributed by atoms with Crippen LogP contribution in [0.5, 0.6) is 0 Å². The highest BCUT2D eigenvalue weighted by Gasteiger charge is 2.45. The van der Waals surface area contributed by atoms with Crippen LogP contribution in [-0.2, 0) is 26.1 Å². The van der Waals surface area contributed by atoms with Gasteiger partial charge in [0.05, 0.1) is 21.7 Å². The second kappa shape index (κ2) is 7.68. The van der Waals surface area contributed by atoms with Crippen LogP contribution in [0.4, 0.5) is 0 Å². The zero-order valence-corrected chi connectivity index (χ0v) is 16.4. The first-order valence-electron chi connectivity index (χ1n) is 8.25. The first kappa shape index (κ1) is 19.4. The predicted molar refractivity (Wildman–Crippen MR) is 103 cm³/mol. The van der Waals surface area contributed by atoms with Crippen molar-refractivity contribution >= 4 is 31.3 Å². The van der Waals surface area contributed by atoms with Crippen LogP contribution in [0, 0.1) is 0 Å². The van der Waals surface area contributed by atoms with Crippen LogP contribution in [0.25, 0.3) is 0 Å². The van der Waals surface area contributed by atoms with Gasteiger partial charge in [0.1, 0.15) is 0 Å². The lowest BCUT2D eigenvalue weighted by molar-refractivity contribution is 0.528. The lowest BCUT2D eigenvalue weighted by atomic mass is 10.1. The summed E-state index contributed by atoms with van der Waals surface area (Å²) < 4.78 is 49.9. The molecule has 1 saturated heterocycles.